The fourth-order valence-corrected chi connectivity index (χ4v) is 0.917. The molecule has 0 radical (unpaired) electrons. The van der Waals surface area contributed by atoms with Crippen LogP contribution in [0.5, 0.6) is 0 Å². The maximum absolute atomic E-state index is 13.1. The summed E-state index contributed by atoms with van der Waals surface area (Å²) >= 11 is 0. The second-order valence-electron chi connectivity index (χ2n) is 2.55. The van der Waals surface area contributed by atoms with E-state index in [0.29, 0.717) is 0 Å². The van der Waals surface area contributed by atoms with Crippen LogP contribution in [-0.4, -0.2) is 12.0 Å². The van der Waals surface area contributed by atoms with Crippen molar-refractivity contribution in [3.63, 3.8) is 0 Å². The minimum atomic E-state index is -0.642. The van der Waals surface area contributed by atoms with Gasteiger partial charge in [0.1, 0.15) is 5.82 Å². The van der Waals surface area contributed by atoms with Gasteiger partial charge < -0.3 is 5.32 Å². The number of carbonyl (C=O) groups excluding carboxylic acids is 2. The molecule has 1 aromatic rings. The van der Waals surface area contributed by atoms with Crippen LogP contribution in [0.1, 0.15) is 6.92 Å². The predicted octanol–water partition coefficient (Wildman–Crippen LogP) is 1.75. The van der Waals surface area contributed by atoms with Crippen molar-refractivity contribution in [3.05, 3.63) is 24.0 Å². The van der Waals surface area contributed by atoms with E-state index in [1.807, 2.05) is 0 Å². The molecule has 0 heterocycles. The summed E-state index contributed by atoms with van der Waals surface area (Å²) < 4.78 is 13.1. The van der Waals surface area contributed by atoms with Gasteiger partial charge in [-0.15, -0.1) is 0 Å². The molecule has 0 spiro atoms. The minimum Gasteiger partial charge on any atom is -0.324 e. The van der Waals surface area contributed by atoms with E-state index in [1.165, 1.54) is 25.1 Å². The van der Waals surface area contributed by atoms with Gasteiger partial charge in [-0.3, -0.25) is 4.79 Å². The molecule has 0 aliphatic carbocycles. The van der Waals surface area contributed by atoms with E-state index in [1.54, 1.807) is 0 Å². The normalized spacial score (nSPS) is 9.00. The number of aliphatic imine (C=N–C) groups is 1. The second-order valence-corrected chi connectivity index (χ2v) is 2.55. The van der Waals surface area contributed by atoms with Gasteiger partial charge in [0, 0.05) is 13.0 Å². The van der Waals surface area contributed by atoms with Crippen LogP contribution in [0.4, 0.5) is 15.8 Å². The van der Waals surface area contributed by atoms with Crippen LogP contribution in [0.25, 0.3) is 0 Å². The molecule has 72 valence electrons. The Labute approximate surface area is 79.5 Å². The zero-order valence-electron chi connectivity index (χ0n) is 7.37. The number of hydrogen-bond donors (Lipinski definition) is 1. The van der Waals surface area contributed by atoms with Gasteiger partial charge in [0.25, 0.3) is 0 Å². The van der Waals surface area contributed by atoms with Gasteiger partial charge in [0.15, 0.2) is 0 Å². The molecule has 0 saturated heterocycles. The Bertz CT molecular complexity index is 411. The molecule has 0 atom stereocenters. The zero-order valence-corrected chi connectivity index (χ0v) is 7.37. The van der Waals surface area contributed by atoms with E-state index < -0.39 is 5.82 Å². The van der Waals surface area contributed by atoms with Crippen molar-refractivity contribution >= 4 is 23.4 Å². The van der Waals surface area contributed by atoms with Crippen molar-refractivity contribution in [3.8, 4) is 0 Å². The lowest BCUT2D eigenvalue weighted by atomic mass is 10.2. The SMILES string of the molecule is CC(=O)Nc1ccc(N=C=O)cc1F. The monoisotopic (exact) mass is 194 g/mol. The van der Waals surface area contributed by atoms with Crippen LogP contribution in [0, 0.1) is 5.82 Å². The molecule has 1 amide bonds. The lowest BCUT2D eigenvalue weighted by Gasteiger charge is -2.02. The van der Waals surface area contributed by atoms with Gasteiger partial charge in [0.2, 0.25) is 12.0 Å². The van der Waals surface area contributed by atoms with Gasteiger partial charge in [-0.25, -0.2) is 9.18 Å². The highest BCUT2D eigenvalue weighted by Crippen LogP contribution is 2.20. The molecule has 0 aliphatic rings. The maximum Gasteiger partial charge on any atom is 0.240 e. The molecule has 0 saturated carbocycles. The van der Waals surface area contributed by atoms with Gasteiger partial charge in [-0.1, -0.05) is 0 Å². The first-order chi connectivity index (χ1) is 6.63. The molecule has 4 nitrogen and oxygen atoms in total. The number of halogens is 1. The summed E-state index contributed by atoms with van der Waals surface area (Å²) in [5.41, 5.74) is 0.217. The number of hydrogen-bond acceptors (Lipinski definition) is 3. The highest BCUT2D eigenvalue weighted by molar-refractivity contribution is 5.88. The summed E-state index contributed by atoms with van der Waals surface area (Å²) in [5, 5.41) is 2.29. The highest BCUT2D eigenvalue weighted by atomic mass is 19.1. The van der Waals surface area contributed by atoms with Crippen molar-refractivity contribution in [2.45, 2.75) is 6.92 Å². The van der Waals surface area contributed by atoms with Gasteiger partial charge >= 0.3 is 0 Å². The first-order valence-corrected chi connectivity index (χ1v) is 3.78. The summed E-state index contributed by atoms with van der Waals surface area (Å²) in [6.45, 7) is 1.27. The number of carbonyl (C=O) groups is 1. The molecule has 1 aromatic carbocycles. The van der Waals surface area contributed by atoms with Gasteiger partial charge in [-0.2, -0.15) is 4.99 Å². The molecule has 0 fully saturated rings. The average Bonchev–Trinajstić information content (AvgIpc) is 2.10. The topological polar surface area (TPSA) is 58.5 Å². The Kier molecular flexibility index (Phi) is 3.09. The van der Waals surface area contributed by atoms with Crippen LogP contribution in [-0.2, 0) is 9.59 Å². The van der Waals surface area contributed by atoms with E-state index in [2.05, 4.69) is 10.3 Å². The lowest BCUT2D eigenvalue weighted by molar-refractivity contribution is -0.114. The number of anilines is 1. The number of rotatable bonds is 2. The Hall–Kier alpha value is -2.00. The van der Waals surface area contributed by atoms with Crippen molar-refractivity contribution in [1.82, 2.24) is 0 Å². The maximum atomic E-state index is 13.1. The minimum absolute atomic E-state index is 0.0577. The van der Waals surface area contributed by atoms with Gasteiger partial charge in [0.05, 0.1) is 11.4 Å². The molecule has 1 N–H and O–H groups in total. The number of benzene rings is 1. The molecule has 0 aromatic heterocycles. The third-order valence-corrected chi connectivity index (χ3v) is 1.44. The molecular formula is C9H7FN2O2. The van der Waals surface area contributed by atoms with Crippen LogP contribution in [0.15, 0.2) is 23.2 Å². The fraction of sp³-hybridized carbons (Fsp3) is 0.111. The van der Waals surface area contributed by atoms with E-state index in [0.717, 1.165) is 6.07 Å². The smallest absolute Gasteiger partial charge is 0.240 e. The third kappa shape index (κ3) is 2.50. The number of isocyanates is 1. The third-order valence-electron chi connectivity index (χ3n) is 1.44. The second kappa shape index (κ2) is 4.30. The summed E-state index contributed by atoms with van der Waals surface area (Å²) in [6.07, 6.45) is 1.29. The van der Waals surface area contributed by atoms with Crippen molar-refractivity contribution in [2.24, 2.45) is 4.99 Å². The lowest BCUT2D eigenvalue weighted by Crippen LogP contribution is -2.07. The quantitative estimate of drug-likeness (QED) is 0.576. The molecule has 1 rings (SSSR count). The summed E-state index contributed by atoms with van der Waals surface area (Å²) in [4.78, 5) is 23.7. The van der Waals surface area contributed by atoms with Crippen LogP contribution < -0.4 is 5.32 Å². The Morgan fingerprint density at radius 2 is 2.29 bits per heavy atom. The van der Waals surface area contributed by atoms with Crippen molar-refractivity contribution < 1.29 is 14.0 Å². The van der Waals surface area contributed by atoms with Crippen molar-refractivity contribution in [2.75, 3.05) is 5.32 Å². The Morgan fingerprint density at radius 1 is 1.57 bits per heavy atom. The molecule has 0 bridgehead atoms. The van der Waals surface area contributed by atoms with Gasteiger partial charge in [-0.05, 0) is 12.1 Å². The highest BCUT2D eigenvalue weighted by Gasteiger charge is 2.03. The zero-order chi connectivity index (χ0) is 10.6. The Morgan fingerprint density at radius 3 is 2.79 bits per heavy atom. The van der Waals surface area contributed by atoms with Crippen LogP contribution in [0.2, 0.25) is 0 Å². The number of amides is 1. The largest absolute Gasteiger partial charge is 0.324 e. The van der Waals surface area contributed by atoms with Crippen LogP contribution >= 0.6 is 0 Å². The van der Waals surface area contributed by atoms with E-state index in [9.17, 15) is 14.0 Å². The van der Waals surface area contributed by atoms with E-state index in [-0.39, 0.29) is 17.3 Å². The molecule has 0 unspecified atom stereocenters. The van der Waals surface area contributed by atoms with Crippen LogP contribution in [0.3, 0.4) is 0 Å². The summed E-state index contributed by atoms with van der Waals surface area (Å²) in [7, 11) is 0. The first-order valence-electron chi connectivity index (χ1n) is 3.78. The molecule has 5 heteroatoms. The predicted molar refractivity (Wildman–Crippen MR) is 48.5 cm³/mol. The molecule has 14 heavy (non-hydrogen) atoms. The first kappa shape index (κ1) is 10.1. The molecular weight excluding hydrogens is 187 g/mol. The average molecular weight is 194 g/mol. The summed E-state index contributed by atoms with van der Waals surface area (Å²) in [6, 6.07) is 3.77. The standard InChI is InChI=1S/C9H7FN2O2/c1-6(14)12-9-3-2-7(11-5-13)4-8(9)10/h2-4H,1H3,(H,12,14). The number of nitrogens with one attached hydrogen (secondary N) is 1. The Balaban J connectivity index is 3.00. The fourth-order valence-electron chi connectivity index (χ4n) is 0.917. The van der Waals surface area contributed by atoms with Crippen molar-refractivity contribution in [1.29, 1.82) is 0 Å². The summed E-state index contributed by atoms with van der Waals surface area (Å²) in [5.74, 6) is -1.01. The molecule has 0 aliphatic heterocycles. The van der Waals surface area contributed by atoms with E-state index in [4.69, 9.17) is 0 Å². The number of nitrogens with zero attached hydrogens (tertiary/aromatic N) is 1. The van der Waals surface area contributed by atoms with E-state index >= 15 is 0 Å².